The van der Waals surface area contributed by atoms with Gasteiger partial charge in [0.1, 0.15) is 6.04 Å². The maximum Gasteiger partial charge on any atom is 0.251 e. The first-order chi connectivity index (χ1) is 11.7. The fourth-order valence-electron chi connectivity index (χ4n) is 2.28. The predicted molar refractivity (Wildman–Crippen MR) is 102 cm³/mol. The summed E-state index contributed by atoms with van der Waals surface area (Å²) in [6, 6.07) is 13.6. The lowest BCUT2D eigenvalue weighted by Gasteiger charge is -2.19. The molecule has 0 heterocycles. The van der Waals surface area contributed by atoms with Gasteiger partial charge in [-0.1, -0.05) is 50.6 Å². The second-order valence-corrected chi connectivity index (χ2v) is 7.46. The molecule has 2 aromatic carbocycles. The molecule has 0 fully saturated rings. The van der Waals surface area contributed by atoms with Gasteiger partial charge in [0.2, 0.25) is 5.91 Å². The van der Waals surface area contributed by atoms with Crippen molar-refractivity contribution in [3.8, 4) is 0 Å². The molecule has 2 amide bonds. The summed E-state index contributed by atoms with van der Waals surface area (Å²) in [5.74, 6) is -0.587. The number of anilines is 1. The smallest absolute Gasteiger partial charge is 0.251 e. The van der Waals surface area contributed by atoms with E-state index in [0.29, 0.717) is 16.3 Å². The summed E-state index contributed by atoms with van der Waals surface area (Å²) in [4.78, 5) is 24.5. The van der Waals surface area contributed by atoms with Crippen LogP contribution < -0.4 is 10.6 Å². The van der Waals surface area contributed by atoms with Gasteiger partial charge in [0.05, 0.1) is 0 Å². The molecule has 2 aromatic rings. The molecule has 0 aliphatic rings. The minimum atomic E-state index is -0.672. The topological polar surface area (TPSA) is 58.2 Å². The van der Waals surface area contributed by atoms with Crippen LogP contribution in [0.25, 0.3) is 0 Å². The van der Waals surface area contributed by atoms with E-state index in [4.69, 9.17) is 11.6 Å². The second-order valence-electron chi connectivity index (χ2n) is 7.02. The highest BCUT2D eigenvalue weighted by Gasteiger charge is 2.18. The molecule has 25 heavy (non-hydrogen) atoms. The van der Waals surface area contributed by atoms with E-state index in [-0.39, 0.29) is 17.2 Å². The second kappa shape index (κ2) is 7.70. The van der Waals surface area contributed by atoms with E-state index in [0.717, 1.165) is 5.56 Å². The summed E-state index contributed by atoms with van der Waals surface area (Å²) in [5.41, 5.74) is 2.29. The molecular formula is C20H23ClN2O2. The summed E-state index contributed by atoms with van der Waals surface area (Å²) in [6.45, 7) is 7.99. The molecule has 0 aliphatic carbocycles. The number of amides is 2. The Morgan fingerprint density at radius 1 is 1.04 bits per heavy atom. The van der Waals surface area contributed by atoms with E-state index in [9.17, 15) is 9.59 Å². The van der Waals surface area contributed by atoms with Gasteiger partial charge in [0, 0.05) is 16.3 Å². The average molecular weight is 359 g/mol. The highest BCUT2D eigenvalue weighted by molar-refractivity contribution is 6.30. The van der Waals surface area contributed by atoms with Crippen LogP contribution in [0.2, 0.25) is 5.02 Å². The van der Waals surface area contributed by atoms with Gasteiger partial charge in [0.15, 0.2) is 0 Å². The van der Waals surface area contributed by atoms with Crippen molar-refractivity contribution >= 4 is 29.1 Å². The Kier molecular flexibility index (Phi) is 5.85. The molecule has 0 aromatic heterocycles. The number of rotatable bonds is 4. The van der Waals surface area contributed by atoms with Crippen LogP contribution in [0.3, 0.4) is 0 Å². The zero-order valence-corrected chi connectivity index (χ0v) is 15.6. The maximum absolute atomic E-state index is 12.3. The standard InChI is InChI=1S/C20H23ClN2O2/c1-13(18(24)23-17-7-5-6-16(21)12-17)22-19(25)14-8-10-15(11-9-14)20(2,3)4/h5-13H,1-4H3,(H,22,25)(H,23,24). The molecule has 0 spiro atoms. The molecule has 0 bridgehead atoms. The van der Waals surface area contributed by atoms with E-state index in [1.807, 2.05) is 12.1 Å². The molecule has 4 nitrogen and oxygen atoms in total. The lowest BCUT2D eigenvalue weighted by molar-refractivity contribution is -0.117. The van der Waals surface area contributed by atoms with Crippen molar-refractivity contribution in [3.63, 3.8) is 0 Å². The molecule has 132 valence electrons. The van der Waals surface area contributed by atoms with Crippen LogP contribution in [0.5, 0.6) is 0 Å². The van der Waals surface area contributed by atoms with Crippen LogP contribution in [0, 0.1) is 0 Å². The van der Waals surface area contributed by atoms with E-state index in [1.165, 1.54) is 0 Å². The van der Waals surface area contributed by atoms with E-state index >= 15 is 0 Å². The van der Waals surface area contributed by atoms with Crippen LogP contribution >= 0.6 is 11.6 Å². The Morgan fingerprint density at radius 3 is 2.24 bits per heavy atom. The predicted octanol–water partition coefficient (Wildman–Crippen LogP) is 4.39. The van der Waals surface area contributed by atoms with E-state index in [2.05, 4.69) is 31.4 Å². The lowest BCUT2D eigenvalue weighted by atomic mass is 9.86. The normalized spacial score (nSPS) is 12.4. The highest BCUT2D eigenvalue weighted by Crippen LogP contribution is 2.22. The Morgan fingerprint density at radius 2 is 1.68 bits per heavy atom. The molecular weight excluding hydrogens is 336 g/mol. The molecule has 2 rings (SSSR count). The number of hydrogen-bond acceptors (Lipinski definition) is 2. The molecule has 1 atom stereocenters. The number of halogens is 1. The molecule has 2 N–H and O–H groups in total. The van der Waals surface area contributed by atoms with Gasteiger partial charge in [0.25, 0.3) is 5.91 Å². The summed E-state index contributed by atoms with van der Waals surface area (Å²) in [7, 11) is 0. The number of nitrogens with one attached hydrogen (secondary N) is 2. The summed E-state index contributed by atoms with van der Waals surface area (Å²) >= 11 is 5.90. The highest BCUT2D eigenvalue weighted by atomic mass is 35.5. The van der Waals surface area contributed by atoms with Gasteiger partial charge in [-0.2, -0.15) is 0 Å². The van der Waals surface area contributed by atoms with Gasteiger partial charge in [-0.15, -0.1) is 0 Å². The van der Waals surface area contributed by atoms with E-state index < -0.39 is 6.04 Å². The molecule has 0 aliphatic heterocycles. The van der Waals surface area contributed by atoms with Crippen molar-refractivity contribution in [1.82, 2.24) is 5.32 Å². The van der Waals surface area contributed by atoms with Crippen molar-refractivity contribution < 1.29 is 9.59 Å². The van der Waals surface area contributed by atoms with E-state index in [1.54, 1.807) is 43.3 Å². The Balaban J connectivity index is 1.98. The van der Waals surface area contributed by atoms with Crippen molar-refractivity contribution in [3.05, 3.63) is 64.7 Å². The van der Waals surface area contributed by atoms with Crippen LogP contribution in [-0.4, -0.2) is 17.9 Å². The molecule has 1 unspecified atom stereocenters. The first kappa shape index (κ1) is 19.0. The average Bonchev–Trinajstić information content (AvgIpc) is 2.54. The molecule has 5 heteroatoms. The number of carbonyl (C=O) groups is 2. The van der Waals surface area contributed by atoms with Gasteiger partial charge < -0.3 is 10.6 Å². The zero-order chi connectivity index (χ0) is 18.6. The Bertz CT molecular complexity index is 764. The number of hydrogen-bond donors (Lipinski definition) is 2. The third kappa shape index (κ3) is 5.33. The van der Waals surface area contributed by atoms with Crippen LogP contribution in [0.4, 0.5) is 5.69 Å². The monoisotopic (exact) mass is 358 g/mol. The van der Waals surface area contributed by atoms with Crippen molar-refractivity contribution in [2.45, 2.75) is 39.2 Å². The first-order valence-electron chi connectivity index (χ1n) is 8.14. The minimum Gasteiger partial charge on any atom is -0.341 e. The molecule has 0 saturated heterocycles. The zero-order valence-electron chi connectivity index (χ0n) is 14.9. The minimum absolute atomic E-state index is 0.0269. The van der Waals surface area contributed by atoms with Crippen molar-refractivity contribution in [2.24, 2.45) is 0 Å². The summed E-state index contributed by atoms with van der Waals surface area (Å²) in [6.07, 6.45) is 0. The SMILES string of the molecule is CC(NC(=O)c1ccc(C(C)(C)C)cc1)C(=O)Nc1cccc(Cl)c1. The molecule has 0 saturated carbocycles. The maximum atomic E-state index is 12.3. The van der Waals surface area contributed by atoms with Crippen LogP contribution in [-0.2, 0) is 10.2 Å². The Hall–Kier alpha value is -2.33. The number of carbonyl (C=O) groups excluding carboxylic acids is 2. The Labute approximate surface area is 153 Å². The van der Waals surface area contributed by atoms with Crippen LogP contribution in [0.1, 0.15) is 43.6 Å². The largest absolute Gasteiger partial charge is 0.341 e. The fraction of sp³-hybridized carbons (Fsp3) is 0.300. The third-order valence-corrected chi connectivity index (χ3v) is 4.08. The molecule has 0 radical (unpaired) electrons. The van der Waals surface area contributed by atoms with Gasteiger partial charge in [-0.25, -0.2) is 0 Å². The first-order valence-corrected chi connectivity index (χ1v) is 8.52. The summed E-state index contributed by atoms with van der Waals surface area (Å²) < 4.78 is 0. The van der Waals surface area contributed by atoms with Gasteiger partial charge >= 0.3 is 0 Å². The van der Waals surface area contributed by atoms with Crippen LogP contribution in [0.15, 0.2) is 48.5 Å². The third-order valence-electron chi connectivity index (χ3n) is 3.85. The van der Waals surface area contributed by atoms with Crippen molar-refractivity contribution in [1.29, 1.82) is 0 Å². The quantitative estimate of drug-likeness (QED) is 0.851. The van der Waals surface area contributed by atoms with Crippen molar-refractivity contribution in [2.75, 3.05) is 5.32 Å². The number of benzene rings is 2. The summed E-state index contributed by atoms with van der Waals surface area (Å²) in [5, 5.41) is 5.97. The van der Waals surface area contributed by atoms with Gasteiger partial charge in [-0.3, -0.25) is 9.59 Å². The fourth-order valence-corrected chi connectivity index (χ4v) is 2.47. The van der Waals surface area contributed by atoms with Gasteiger partial charge in [-0.05, 0) is 48.2 Å². The lowest BCUT2D eigenvalue weighted by Crippen LogP contribution is -2.41.